The van der Waals surface area contributed by atoms with Crippen molar-refractivity contribution < 1.29 is 23.1 Å². The third-order valence-electron chi connectivity index (χ3n) is 2.83. The molecule has 0 bridgehead atoms. The number of rotatable bonds is 4. The van der Waals surface area contributed by atoms with Crippen LogP contribution in [-0.4, -0.2) is 18.4 Å². The highest BCUT2D eigenvalue weighted by molar-refractivity contribution is 5.99. The molecule has 0 saturated heterocycles. The van der Waals surface area contributed by atoms with Gasteiger partial charge in [-0.05, 0) is 42.5 Å². The van der Waals surface area contributed by atoms with E-state index in [-0.39, 0.29) is 11.1 Å². The molecular formula is C16H9F2NO3. The number of carbonyl (C=O) groups excluding carboxylic acids is 2. The van der Waals surface area contributed by atoms with E-state index in [9.17, 15) is 18.4 Å². The Kier molecular flexibility index (Phi) is 4.59. The van der Waals surface area contributed by atoms with Crippen LogP contribution >= 0.6 is 0 Å². The van der Waals surface area contributed by atoms with Crippen molar-refractivity contribution in [2.24, 2.45) is 0 Å². The Balaban J connectivity index is 1.99. The SMILES string of the molecule is N#Cc1ccc(C(=O)OCC(=O)c2ccc(F)c(F)c2)cc1. The van der Waals surface area contributed by atoms with E-state index in [1.807, 2.05) is 6.07 Å². The summed E-state index contributed by atoms with van der Waals surface area (Å²) in [6.45, 7) is -0.593. The zero-order chi connectivity index (χ0) is 16.1. The van der Waals surface area contributed by atoms with Crippen molar-refractivity contribution in [3.05, 3.63) is 70.8 Å². The molecule has 4 nitrogen and oxygen atoms in total. The fraction of sp³-hybridized carbons (Fsp3) is 0.0625. The number of hydrogen-bond acceptors (Lipinski definition) is 4. The van der Waals surface area contributed by atoms with Crippen molar-refractivity contribution in [2.75, 3.05) is 6.61 Å². The van der Waals surface area contributed by atoms with E-state index in [0.29, 0.717) is 5.56 Å². The molecule has 22 heavy (non-hydrogen) atoms. The van der Waals surface area contributed by atoms with Gasteiger partial charge in [-0.1, -0.05) is 0 Å². The second-order valence-electron chi connectivity index (χ2n) is 4.32. The Labute approximate surface area is 124 Å². The van der Waals surface area contributed by atoms with Crippen LogP contribution in [0.2, 0.25) is 0 Å². The van der Waals surface area contributed by atoms with Crippen LogP contribution in [0.5, 0.6) is 0 Å². The Morgan fingerprint density at radius 3 is 2.23 bits per heavy atom. The van der Waals surface area contributed by atoms with Gasteiger partial charge in [0.15, 0.2) is 24.0 Å². The number of benzene rings is 2. The first-order chi connectivity index (χ1) is 10.5. The van der Waals surface area contributed by atoms with E-state index >= 15 is 0 Å². The van der Waals surface area contributed by atoms with Crippen molar-refractivity contribution in [2.45, 2.75) is 0 Å². The lowest BCUT2D eigenvalue weighted by Gasteiger charge is -2.05. The van der Waals surface area contributed by atoms with Gasteiger partial charge < -0.3 is 4.74 Å². The average Bonchev–Trinajstić information content (AvgIpc) is 2.54. The monoisotopic (exact) mass is 301 g/mol. The van der Waals surface area contributed by atoms with Gasteiger partial charge >= 0.3 is 5.97 Å². The summed E-state index contributed by atoms with van der Waals surface area (Å²) in [5, 5.41) is 8.64. The lowest BCUT2D eigenvalue weighted by atomic mass is 10.1. The van der Waals surface area contributed by atoms with Crippen molar-refractivity contribution >= 4 is 11.8 Å². The van der Waals surface area contributed by atoms with Crippen LogP contribution in [-0.2, 0) is 4.74 Å². The molecule has 0 amide bonds. The molecular weight excluding hydrogens is 292 g/mol. The summed E-state index contributed by atoms with van der Waals surface area (Å²) >= 11 is 0. The summed E-state index contributed by atoms with van der Waals surface area (Å²) in [5.41, 5.74) is 0.470. The number of ether oxygens (including phenoxy) is 1. The quantitative estimate of drug-likeness (QED) is 0.643. The number of hydrogen-bond donors (Lipinski definition) is 0. The molecule has 6 heteroatoms. The van der Waals surface area contributed by atoms with Gasteiger partial charge in [0.25, 0.3) is 0 Å². The normalized spacial score (nSPS) is 9.86. The van der Waals surface area contributed by atoms with E-state index in [4.69, 9.17) is 10.00 Å². The number of nitrogens with zero attached hydrogens (tertiary/aromatic N) is 1. The van der Waals surface area contributed by atoms with Gasteiger partial charge in [-0.25, -0.2) is 13.6 Å². The van der Waals surface area contributed by atoms with Crippen molar-refractivity contribution in [3.8, 4) is 6.07 Å². The van der Waals surface area contributed by atoms with Crippen molar-refractivity contribution in [1.29, 1.82) is 5.26 Å². The third kappa shape index (κ3) is 3.52. The Morgan fingerprint density at radius 1 is 1.00 bits per heavy atom. The fourth-order valence-electron chi connectivity index (χ4n) is 1.65. The minimum absolute atomic E-state index is 0.0912. The van der Waals surface area contributed by atoms with Crippen LogP contribution in [0.4, 0.5) is 8.78 Å². The van der Waals surface area contributed by atoms with E-state index < -0.39 is 30.0 Å². The van der Waals surface area contributed by atoms with Crippen LogP contribution in [0.3, 0.4) is 0 Å². The van der Waals surface area contributed by atoms with Gasteiger partial charge in [-0.3, -0.25) is 4.79 Å². The summed E-state index contributed by atoms with van der Waals surface area (Å²) in [6.07, 6.45) is 0. The Hall–Kier alpha value is -3.07. The lowest BCUT2D eigenvalue weighted by molar-refractivity contribution is 0.0474. The first-order valence-electron chi connectivity index (χ1n) is 6.17. The second-order valence-corrected chi connectivity index (χ2v) is 4.32. The molecule has 0 aliphatic heterocycles. The van der Waals surface area contributed by atoms with E-state index in [2.05, 4.69) is 0 Å². The molecule has 0 aliphatic rings. The molecule has 0 N–H and O–H groups in total. The molecule has 0 spiro atoms. The first-order valence-corrected chi connectivity index (χ1v) is 6.17. The van der Waals surface area contributed by atoms with Gasteiger partial charge in [-0.15, -0.1) is 0 Å². The van der Waals surface area contributed by atoms with E-state index in [1.165, 1.54) is 24.3 Å². The Morgan fingerprint density at radius 2 is 1.64 bits per heavy atom. The highest BCUT2D eigenvalue weighted by atomic mass is 19.2. The van der Waals surface area contributed by atoms with Crippen LogP contribution < -0.4 is 0 Å². The van der Waals surface area contributed by atoms with Gasteiger partial charge in [0.05, 0.1) is 17.2 Å². The second kappa shape index (κ2) is 6.59. The largest absolute Gasteiger partial charge is 0.454 e. The molecule has 0 saturated carbocycles. The molecule has 0 heterocycles. The zero-order valence-electron chi connectivity index (χ0n) is 11.2. The maximum Gasteiger partial charge on any atom is 0.338 e. The molecule has 0 aliphatic carbocycles. The predicted molar refractivity (Wildman–Crippen MR) is 72.1 cm³/mol. The van der Waals surface area contributed by atoms with Gasteiger partial charge in [0.2, 0.25) is 0 Å². The van der Waals surface area contributed by atoms with Gasteiger partial charge in [-0.2, -0.15) is 5.26 Å². The van der Waals surface area contributed by atoms with Crippen LogP contribution in [0, 0.1) is 23.0 Å². The van der Waals surface area contributed by atoms with Gasteiger partial charge in [0.1, 0.15) is 0 Å². The lowest BCUT2D eigenvalue weighted by Crippen LogP contribution is -2.14. The molecule has 2 rings (SSSR count). The summed E-state index contributed by atoms with van der Waals surface area (Å²) in [6, 6.07) is 10.2. The topological polar surface area (TPSA) is 67.2 Å². The van der Waals surface area contributed by atoms with Crippen LogP contribution in [0.1, 0.15) is 26.3 Å². The molecule has 0 atom stereocenters. The fourth-order valence-corrected chi connectivity index (χ4v) is 1.65. The first kappa shape index (κ1) is 15.3. The predicted octanol–water partition coefficient (Wildman–Crippen LogP) is 2.88. The van der Waals surface area contributed by atoms with E-state index in [0.717, 1.165) is 18.2 Å². The van der Waals surface area contributed by atoms with Crippen LogP contribution in [0.15, 0.2) is 42.5 Å². The van der Waals surface area contributed by atoms with Crippen molar-refractivity contribution in [1.82, 2.24) is 0 Å². The zero-order valence-corrected chi connectivity index (χ0v) is 11.2. The maximum absolute atomic E-state index is 13.0. The molecule has 0 unspecified atom stereocenters. The minimum atomic E-state index is -1.15. The van der Waals surface area contributed by atoms with Crippen LogP contribution in [0.25, 0.3) is 0 Å². The number of carbonyl (C=O) groups is 2. The molecule has 0 aromatic heterocycles. The number of nitriles is 1. The summed E-state index contributed by atoms with van der Waals surface area (Å²) < 4.78 is 30.6. The third-order valence-corrected chi connectivity index (χ3v) is 2.83. The standard InChI is InChI=1S/C16H9F2NO3/c17-13-6-5-12(7-14(13)18)15(20)9-22-16(21)11-3-1-10(8-19)2-4-11/h1-7H,9H2. The number of ketones is 1. The molecule has 0 radical (unpaired) electrons. The van der Waals surface area contributed by atoms with E-state index in [1.54, 1.807) is 0 Å². The summed E-state index contributed by atoms with van der Waals surface area (Å²) in [5.74, 6) is -3.61. The number of esters is 1. The van der Waals surface area contributed by atoms with Gasteiger partial charge in [0, 0.05) is 5.56 Å². The molecule has 2 aromatic rings. The summed E-state index contributed by atoms with van der Waals surface area (Å²) in [4.78, 5) is 23.4. The maximum atomic E-state index is 13.0. The number of Topliss-reactive ketones (excluding diaryl/α,β-unsaturated/α-hetero) is 1. The Bertz CT molecular complexity index is 764. The molecule has 0 fully saturated rings. The summed E-state index contributed by atoms with van der Waals surface area (Å²) in [7, 11) is 0. The average molecular weight is 301 g/mol. The van der Waals surface area contributed by atoms with Crippen molar-refractivity contribution in [3.63, 3.8) is 0 Å². The molecule has 110 valence electrons. The number of halogens is 2. The highest BCUT2D eigenvalue weighted by Gasteiger charge is 2.13. The highest BCUT2D eigenvalue weighted by Crippen LogP contribution is 2.10. The molecule has 2 aromatic carbocycles. The smallest absolute Gasteiger partial charge is 0.338 e. The minimum Gasteiger partial charge on any atom is -0.454 e.